The number of hydrogen-bond donors (Lipinski definition) is 0. The summed E-state index contributed by atoms with van der Waals surface area (Å²) in [5, 5.41) is 0. The minimum atomic E-state index is 0.302. The van der Waals surface area contributed by atoms with E-state index in [2.05, 4.69) is 19.1 Å². The molecule has 2 heteroatoms. The SMILES string of the molecule is CCc1ccc(OCC2CCCO2)cc1. The summed E-state index contributed by atoms with van der Waals surface area (Å²) >= 11 is 0. The van der Waals surface area contributed by atoms with Crippen LogP contribution in [0.3, 0.4) is 0 Å². The fourth-order valence-electron chi connectivity index (χ4n) is 1.79. The van der Waals surface area contributed by atoms with E-state index in [4.69, 9.17) is 9.47 Å². The molecule has 2 nitrogen and oxygen atoms in total. The van der Waals surface area contributed by atoms with Crippen molar-refractivity contribution in [3.05, 3.63) is 29.8 Å². The Morgan fingerprint density at radius 3 is 2.73 bits per heavy atom. The first kappa shape index (κ1) is 10.5. The molecule has 0 amide bonds. The first-order valence-corrected chi connectivity index (χ1v) is 5.72. The van der Waals surface area contributed by atoms with Crippen LogP contribution in [0.15, 0.2) is 24.3 Å². The molecule has 15 heavy (non-hydrogen) atoms. The van der Waals surface area contributed by atoms with Crippen LogP contribution >= 0.6 is 0 Å². The first-order valence-electron chi connectivity index (χ1n) is 5.72. The summed E-state index contributed by atoms with van der Waals surface area (Å²) in [4.78, 5) is 0. The number of rotatable bonds is 4. The molecular weight excluding hydrogens is 188 g/mol. The molecule has 1 aliphatic rings. The molecule has 1 aliphatic heterocycles. The molecule has 0 spiro atoms. The zero-order valence-electron chi connectivity index (χ0n) is 9.24. The molecule has 1 unspecified atom stereocenters. The van der Waals surface area contributed by atoms with Gasteiger partial charge in [0.25, 0.3) is 0 Å². The molecule has 1 heterocycles. The van der Waals surface area contributed by atoms with Crippen LogP contribution in [0.2, 0.25) is 0 Å². The second-order valence-electron chi connectivity index (χ2n) is 3.94. The fraction of sp³-hybridized carbons (Fsp3) is 0.538. The second kappa shape index (κ2) is 5.17. The van der Waals surface area contributed by atoms with Gasteiger partial charge in [0.05, 0.1) is 6.10 Å². The molecule has 0 aromatic heterocycles. The Morgan fingerprint density at radius 2 is 2.13 bits per heavy atom. The minimum absolute atomic E-state index is 0.302. The van der Waals surface area contributed by atoms with Crippen molar-refractivity contribution < 1.29 is 9.47 Å². The molecule has 1 fully saturated rings. The van der Waals surface area contributed by atoms with E-state index in [0.717, 1.165) is 25.2 Å². The Morgan fingerprint density at radius 1 is 1.33 bits per heavy atom. The van der Waals surface area contributed by atoms with Crippen molar-refractivity contribution in [2.45, 2.75) is 32.3 Å². The van der Waals surface area contributed by atoms with E-state index in [0.29, 0.717) is 12.7 Å². The average Bonchev–Trinajstić information content (AvgIpc) is 2.80. The Balaban J connectivity index is 1.82. The third-order valence-corrected chi connectivity index (χ3v) is 2.79. The molecule has 82 valence electrons. The predicted octanol–water partition coefficient (Wildman–Crippen LogP) is 2.81. The lowest BCUT2D eigenvalue weighted by Crippen LogP contribution is -2.16. The Kier molecular flexibility index (Phi) is 3.62. The van der Waals surface area contributed by atoms with Gasteiger partial charge < -0.3 is 9.47 Å². The summed E-state index contributed by atoms with van der Waals surface area (Å²) in [5.74, 6) is 0.947. The van der Waals surface area contributed by atoms with Crippen molar-refractivity contribution in [2.75, 3.05) is 13.2 Å². The van der Waals surface area contributed by atoms with Crippen LogP contribution in [-0.2, 0) is 11.2 Å². The molecule has 1 aromatic carbocycles. The highest BCUT2D eigenvalue weighted by Crippen LogP contribution is 2.16. The molecule has 0 radical (unpaired) electrons. The molecule has 0 saturated carbocycles. The molecular formula is C13H18O2. The van der Waals surface area contributed by atoms with Gasteiger partial charge in [-0.05, 0) is 37.0 Å². The zero-order valence-corrected chi connectivity index (χ0v) is 9.24. The highest BCUT2D eigenvalue weighted by Gasteiger charge is 2.15. The molecule has 2 rings (SSSR count). The monoisotopic (exact) mass is 206 g/mol. The molecule has 1 saturated heterocycles. The van der Waals surface area contributed by atoms with E-state index >= 15 is 0 Å². The van der Waals surface area contributed by atoms with Gasteiger partial charge in [-0.15, -0.1) is 0 Å². The average molecular weight is 206 g/mol. The predicted molar refractivity (Wildman–Crippen MR) is 60.3 cm³/mol. The van der Waals surface area contributed by atoms with Crippen LogP contribution in [0.25, 0.3) is 0 Å². The maximum atomic E-state index is 5.66. The fourth-order valence-corrected chi connectivity index (χ4v) is 1.79. The van der Waals surface area contributed by atoms with Crippen LogP contribution in [0.1, 0.15) is 25.3 Å². The van der Waals surface area contributed by atoms with Crippen molar-refractivity contribution in [2.24, 2.45) is 0 Å². The number of ether oxygens (including phenoxy) is 2. The number of benzene rings is 1. The molecule has 0 bridgehead atoms. The van der Waals surface area contributed by atoms with Gasteiger partial charge in [-0.1, -0.05) is 19.1 Å². The van der Waals surface area contributed by atoms with E-state index in [-0.39, 0.29) is 0 Å². The van der Waals surface area contributed by atoms with E-state index in [1.807, 2.05) is 12.1 Å². The highest BCUT2D eigenvalue weighted by molar-refractivity contribution is 5.27. The Labute approximate surface area is 91.2 Å². The summed E-state index contributed by atoms with van der Waals surface area (Å²) in [7, 11) is 0. The zero-order chi connectivity index (χ0) is 10.5. The third-order valence-electron chi connectivity index (χ3n) is 2.79. The topological polar surface area (TPSA) is 18.5 Å². The van der Waals surface area contributed by atoms with Gasteiger partial charge in [0.2, 0.25) is 0 Å². The lowest BCUT2D eigenvalue weighted by atomic mass is 10.2. The molecule has 0 aliphatic carbocycles. The van der Waals surface area contributed by atoms with Crippen LogP contribution in [0.4, 0.5) is 0 Å². The van der Waals surface area contributed by atoms with Gasteiger partial charge in [0, 0.05) is 6.61 Å². The van der Waals surface area contributed by atoms with Crippen LogP contribution in [-0.4, -0.2) is 19.3 Å². The van der Waals surface area contributed by atoms with Gasteiger partial charge in [-0.2, -0.15) is 0 Å². The Hall–Kier alpha value is -1.02. The minimum Gasteiger partial charge on any atom is -0.491 e. The van der Waals surface area contributed by atoms with Gasteiger partial charge in [0.1, 0.15) is 12.4 Å². The largest absolute Gasteiger partial charge is 0.491 e. The maximum Gasteiger partial charge on any atom is 0.119 e. The van der Waals surface area contributed by atoms with E-state index in [1.165, 1.54) is 12.0 Å². The molecule has 1 aromatic rings. The number of hydrogen-bond acceptors (Lipinski definition) is 2. The van der Waals surface area contributed by atoms with E-state index in [9.17, 15) is 0 Å². The summed E-state index contributed by atoms with van der Waals surface area (Å²) in [6, 6.07) is 8.30. The van der Waals surface area contributed by atoms with Crippen molar-refractivity contribution in [3.8, 4) is 5.75 Å². The van der Waals surface area contributed by atoms with Crippen LogP contribution in [0, 0.1) is 0 Å². The van der Waals surface area contributed by atoms with Gasteiger partial charge in [0.15, 0.2) is 0 Å². The van der Waals surface area contributed by atoms with E-state index < -0.39 is 0 Å². The highest BCUT2D eigenvalue weighted by atomic mass is 16.5. The molecule has 1 atom stereocenters. The second-order valence-corrected chi connectivity index (χ2v) is 3.94. The standard InChI is InChI=1S/C13H18O2/c1-2-11-5-7-12(8-6-11)15-10-13-4-3-9-14-13/h5-8,13H,2-4,9-10H2,1H3. The molecule has 0 N–H and O–H groups in total. The van der Waals surface area contributed by atoms with Crippen molar-refractivity contribution in [1.82, 2.24) is 0 Å². The van der Waals surface area contributed by atoms with Crippen molar-refractivity contribution in [1.29, 1.82) is 0 Å². The van der Waals surface area contributed by atoms with Gasteiger partial charge >= 0.3 is 0 Å². The lowest BCUT2D eigenvalue weighted by Gasteiger charge is -2.11. The maximum absolute atomic E-state index is 5.66. The third kappa shape index (κ3) is 2.96. The van der Waals surface area contributed by atoms with Crippen LogP contribution in [0.5, 0.6) is 5.75 Å². The smallest absolute Gasteiger partial charge is 0.119 e. The van der Waals surface area contributed by atoms with Crippen molar-refractivity contribution in [3.63, 3.8) is 0 Å². The van der Waals surface area contributed by atoms with Crippen molar-refractivity contribution >= 4 is 0 Å². The summed E-state index contributed by atoms with van der Waals surface area (Å²) in [6.07, 6.45) is 3.68. The Bertz CT molecular complexity index is 286. The van der Waals surface area contributed by atoms with Crippen LogP contribution < -0.4 is 4.74 Å². The summed E-state index contributed by atoms with van der Waals surface area (Å²) in [5.41, 5.74) is 1.35. The number of aryl methyl sites for hydroxylation is 1. The normalized spacial score (nSPS) is 20.5. The van der Waals surface area contributed by atoms with Gasteiger partial charge in [-0.3, -0.25) is 0 Å². The van der Waals surface area contributed by atoms with E-state index in [1.54, 1.807) is 0 Å². The van der Waals surface area contributed by atoms with Gasteiger partial charge in [-0.25, -0.2) is 0 Å². The quantitative estimate of drug-likeness (QED) is 0.754. The lowest BCUT2D eigenvalue weighted by molar-refractivity contribution is 0.0679. The summed E-state index contributed by atoms with van der Waals surface area (Å²) in [6.45, 7) is 3.73. The summed E-state index contributed by atoms with van der Waals surface area (Å²) < 4.78 is 11.2. The first-order chi connectivity index (χ1) is 7.38.